The standard InChI is InChI=1S/C23H29N5O4/c1-17-5-3-4-6-19(17)28-16-18(15-22(28)29)23(30)27-11-9-26(10-12-27)20-7-8-21(25-24-20)32-14-13-31-2/h3-8,18H,9-16H2,1-2H3. The van der Waals surface area contributed by atoms with Gasteiger partial charge in [0.05, 0.1) is 12.5 Å². The monoisotopic (exact) mass is 439 g/mol. The van der Waals surface area contributed by atoms with Crippen LogP contribution in [-0.4, -0.2) is 80.0 Å². The summed E-state index contributed by atoms with van der Waals surface area (Å²) in [6, 6.07) is 11.5. The minimum atomic E-state index is -0.294. The van der Waals surface area contributed by atoms with E-state index >= 15 is 0 Å². The number of aryl methyl sites for hydroxylation is 1. The van der Waals surface area contributed by atoms with Crippen molar-refractivity contribution in [2.75, 3.05) is 62.8 Å². The molecule has 4 rings (SSSR count). The number of amides is 2. The molecular formula is C23H29N5O4. The maximum atomic E-state index is 13.1. The third-order valence-electron chi connectivity index (χ3n) is 5.96. The quantitative estimate of drug-likeness (QED) is 0.605. The fourth-order valence-electron chi connectivity index (χ4n) is 4.17. The number of piperazine rings is 1. The summed E-state index contributed by atoms with van der Waals surface area (Å²) in [6.07, 6.45) is 0.267. The third-order valence-corrected chi connectivity index (χ3v) is 5.96. The summed E-state index contributed by atoms with van der Waals surface area (Å²) in [5.74, 6) is 1.00. The van der Waals surface area contributed by atoms with Crippen molar-refractivity contribution in [3.63, 3.8) is 0 Å². The lowest BCUT2D eigenvalue weighted by atomic mass is 10.1. The first-order valence-corrected chi connectivity index (χ1v) is 10.9. The molecule has 1 aromatic carbocycles. The molecule has 2 aliphatic rings. The average Bonchev–Trinajstić information content (AvgIpc) is 3.21. The van der Waals surface area contributed by atoms with Gasteiger partial charge in [0.15, 0.2) is 5.82 Å². The van der Waals surface area contributed by atoms with E-state index in [9.17, 15) is 9.59 Å². The van der Waals surface area contributed by atoms with Crippen molar-refractivity contribution < 1.29 is 19.1 Å². The molecule has 0 radical (unpaired) electrons. The van der Waals surface area contributed by atoms with E-state index in [2.05, 4.69) is 15.1 Å². The maximum Gasteiger partial charge on any atom is 0.233 e. The molecule has 9 nitrogen and oxygen atoms in total. The summed E-state index contributed by atoms with van der Waals surface area (Å²) in [6.45, 7) is 5.89. The van der Waals surface area contributed by atoms with Crippen LogP contribution < -0.4 is 14.5 Å². The molecule has 2 aromatic rings. The summed E-state index contributed by atoms with van der Waals surface area (Å²) < 4.78 is 10.4. The van der Waals surface area contributed by atoms with Crippen molar-refractivity contribution >= 4 is 23.3 Å². The van der Waals surface area contributed by atoms with Gasteiger partial charge >= 0.3 is 0 Å². The number of carbonyl (C=O) groups is 2. The lowest BCUT2D eigenvalue weighted by molar-refractivity contribution is -0.136. The zero-order chi connectivity index (χ0) is 22.5. The first kappa shape index (κ1) is 22.0. The number of nitrogens with zero attached hydrogens (tertiary/aromatic N) is 5. The number of carbonyl (C=O) groups excluding carboxylic acids is 2. The molecule has 0 saturated carbocycles. The highest BCUT2D eigenvalue weighted by Crippen LogP contribution is 2.29. The number of hydrogen-bond donors (Lipinski definition) is 0. The molecule has 3 heterocycles. The Balaban J connectivity index is 1.30. The van der Waals surface area contributed by atoms with E-state index in [0.29, 0.717) is 51.8 Å². The molecule has 2 fully saturated rings. The number of para-hydroxylation sites is 1. The highest BCUT2D eigenvalue weighted by atomic mass is 16.5. The van der Waals surface area contributed by atoms with Crippen molar-refractivity contribution in [1.29, 1.82) is 0 Å². The highest BCUT2D eigenvalue weighted by Gasteiger charge is 2.38. The van der Waals surface area contributed by atoms with Crippen molar-refractivity contribution in [3.8, 4) is 5.88 Å². The third kappa shape index (κ3) is 4.83. The van der Waals surface area contributed by atoms with Gasteiger partial charge in [0.2, 0.25) is 17.7 Å². The van der Waals surface area contributed by atoms with Crippen LogP contribution in [0.25, 0.3) is 0 Å². The van der Waals surface area contributed by atoms with E-state index in [1.165, 1.54) is 0 Å². The molecule has 2 saturated heterocycles. The lowest BCUT2D eigenvalue weighted by Gasteiger charge is -2.36. The SMILES string of the molecule is COCCOc1ccc(N2CCN(C(=O)C3CC(=O)N(c4ccccc4C)C3)CC2)nn1. The Morgan fingerprint density at radius 1 is 1.06 bits per heavy atom. The number of methoxy groups -OCH3 is 1. The van der Waals surface area contributed by atoms with Gasteiger partial charge < -0.3 is 24.2 Å². The number of aromatic nitrogens is 2. The van der Waals surface area contributed by atoms with Crippen LogP contribution in [0.5, 0.6) is 5.88 Å². The topological polar surface area (TPSA) is 88.1 Å². The van der Waals surface area contributed by atoms with Gasteiger partial charge in [-0.2, -0.15) is 0 Å². The molecule has 1 atom stereocenters. The van der Waals surface area contributed by atoms with Gasteiger partial charge in [0.25, 0.3) is 0 Å². The summed E-state index contributed by atoms with van der Waals surface area (Å²) in [5, 5.41) is 8.35. The molecule has 32 heavy (non-hydrogen) atoms. The summed E-state index contributed by atoms with van der Waals surface area (Å²) in [7, 11) is 1.62. The molecular weight excluding hydrogens is 410 g/mol. The largest absolute Gasteiger partial charge is 0.474 e. The molecule has 9 heteroatoms. The van der Waals surface area contributed by atoms with Crippen LogP contribution in [0.4, 0.5) is 11.5 Å². The Kier molecular flexibility index (Phi) is 6.84. The van der Waals surface area contributed by atoms with Crippen LogP contribution >= 0.6 is 0 Å². The summed E-state index contributed by atoms with van der Waals surface area (Å²) >= 11 is 0. The van der Waals surface area contributed by atoms with Crippen LogP contribution in [0, 0.1) is 12.8 Å². The van der Waals surface area contributed by atoms with Gasteiger partial charge in [0.1, 0.15) is 6.61 Å². The second-order valence-electron chi connectivity index (χ2n) is 8.08. The van der Waals surface area contributed by atoms with Gasteiger partial charge in [0, 0.05) is 58.0 Å². The highest BCUT2D eigenvalue weighted by molar-refractivity contribution is 6.00. The minimum absolute atomic E-state index is 0.0133. The minimum Gasteiger partial charge on any atom is -0.474 e. The van der Waals surface area contributed by atoms with Crippen LogP contribution in [0.15, 0.2) is 36.4 Å². The van der Waals surface area contributed by atoms with E-state index < -0.39 is 0 Å². The number of benzene rings is 1. The molecule has 1 unspecified atom stereocenters. The number of rotatable bonds is 7. The predicted molar refractivity (Wildman–Crippen MR) is 120 cm³/mol. The first-order chi connectivity index (χ1) is 15.6. The van der Waals surface area contributed by atoms with Gasteiger partial charge in [-0.1, -0.05) is 18.2 Å². The molecule has 0 N–H and O–H groups in total. The fraction of sp³-hybridized carbons (Fsp3) is 0.478. The van der Waals surface area contributed by atoms with Crippen molar-refractivity contribution in [2.24, 2.45) is 5.92 Å². The Morgan fingerprint density at radius 3 is 2.53 bits per heavy atom. The Morgan fingerprint density at radius 2 is 1.84 bits per heavy atom. The van der Waals surface area contributed by atoms with Crippen LogP contribution in [-0.2, 0) is 14.3 Å². The van der Waals surface area contributed by atoms with Crippen molar-refractivity contribution in [1.82, 2.24) is 15.1 Å². The number of hydrogen-bond acceptors (Lipinski definition) is 7. The Labute approximate surface area is 187 Å². The van der Waals surface area contributed by atoms with E-state index in [1.54, 1.807) is 18.1 Å². The van der Waals surface area contributed by atoms with E-state index in [0.717, 1.165) is 17.1 Å². The van der Waals surface area contributed by atoms with Gasteiger partial charge in [-0.05, 0) is 24.6 Å². The van der Waals surface area contributed by atoms with Crippen LogP contribution in [0.3, 0.4) is 0 Å². The predicted octanol–water partition coefficient (Wildman–Crippen LogP) is 1.51. The summed E-state index contributed by atoms with van der Waals surface area (Å²) in [5.41, 5.74) is 1.93. The van der Waals surface area contributed by atoms with Gasteiger partial charge in [-0.3, -0.25) is 9.59 Å². The summed E-state index contributed by atoms with van der Waals surface area (Å²) in [4.78, 5) is 31.4. The van der Waals surface area contributed by atoms with E-state index in [1.807, 2.05) is 42.2 Å². The van der Waals surface area contributed by atoms with E-state index in [4.69, 9.17) is 9.47 Å². The van der Waals surface area contributed by atoms with Gasteiger partial charge in [-0.25, -0.2) is 0 Å². The Bertz CT molecular complexity index is 944. The van der Waals surface area contributed by atoms with Crippen LogP contribution in [0.1, 0.15) is 12.0 Å². The normalized spacial score (nSPS) is 18.9. The molecule has 0 aliphatic carbocycles. The fourth-order valence-corrected chi connectivity index (χ4v) is 4.17. The van der Waals surface area contributed by atoms with Gasteiger partial charge in [-0.15, -0.1) is 10.2 Å². The molecule has 2 aliphatic heterocycles. The number of anilines is 2. The number of ether oxygens (including phenoxy) is 2. The van der Waals surface area contributed by atoms with Crippen molar-refractivity contribution in [2.45, 2.75) is 13.3 Å². The first-order valence-electron chi connectivity index (χ1n) is 10.9. The maximum absolute atomic E-state index is 13.1. The molecule has 2 amide bonds. The lowest BCUT2D eigenvalue weighted by Crippen LogP contribution is -2.51. The van der Waals surface area contributed by atoms with Crippen molar-refractivity contribution in [3.05, 3.63) is 42.0 Å². The van der Waals surface area contributed by atoms with E-state index in [-0.39, 0.29) is 24.2 Å². The zero-order valence-corrected chi connectivity index (χ0v) is 18.6. The molecule has 170 valence electrons. The molecule has 0 spiro atoms. The Hall–Kier alpha value is -3.20. The van der Waals surface area contributed by atoms with Crippen LogP contribution in [0.2, 0.25) is 0 Å². The second-order valence-corrected chi connectivity index (χ2v) is 8.08. The second kappa shape index (κ2) is 9.95. The zero-order valence-electron chi connectivity index (χ0n) is 18.6. The smallest absolute Gasteiger partial charge is 0.233 e. The molecule has 1 aromatic heterocycles. The average molecular weight is 440 g/mol. The molecule has 0 bridgehead atoms.